The minimum absolute atomic E-state index is 0.0461. The van der Waals surface area contributed by atoms with Crippen molar-refractivity contribution in [2.75, 3.05) is 12.4 Å². The maximum absolute atomic E-state index is 12.0. The van der Waals surface area contributed by atoms with Crippen LogP contribution in [0.15, 0.2) is 28.8 Å². The van der Waals surface area contributed by atoms with Gasteiger partial charge in [-0.25, -0.2) is 0 Å². The number of hydrogen-bond donors (Lipinski definition) is 2. The smallest absolute Gasteiger partial charge is 0.228 e. The summed E-state index contributed by atoms with van der Waals surface area (Å²) < 4.78 is 5.04. The molecule has 6 heteroatoms. The van der Waals surface area contributed by atoms with Gasteiger partial charge in [0, 0.05) is 18.3 Å². The van der Waals surface area contributed by atoms with Crippen LogP contribution in [0.1, 0.15) is 22.6 Å². The number of rotatable bonds is 5. The lowest BCUT2D eigenvalue weighted by atomic mass is 10.1. The SMILES string of the molecule is CNC(=O)Cc1ccc(NC(=O)Cc2c(C)noc2C)cc1. The van der Waals surface area contributed by atoms with Gasteiger partial charge < -0.3 is 15.2 Å². The molecule has 2 amide bonds. The molecule has 0 aliphatic carbocycles. The van der Waals surface area contributed by atoms with Crippen LogP contribution in [0, 0.1) is 13.8 Å². The van der Waals surface area contributed by atoms with E-state index in [4.69, 9.17) is 4.52 Å². The van der Waals surface area contributed by atoms with Crippen LogP contribution in [0.25, 0.3) is 0 Å². The number of anilines is 1. The van der Waals surface area contributed by atoms with E-state index in [1.807, 2.05) is 19.1 Å². The van der Waals surface area contributed by atoms with Crippen molar-refractivity contribution in [3.63, 3.8) is 0 Å². The number of carbonyl (C=O) groups is 2. The van der Waals surface area contributed by atoms with Gasteiger partial charge in [-0.05, 0) is 31.5 Å². The molecule has 0 unspecified atom stereocenters. The van der Waals surface area contributed by atoms with Crippen molar-refractivity contribution < 1.29 is 14.1 Å². The highest BCUT2D eigenvalue weighted by molar-refractivity contribution is 5.92. The van der Waals surface area contributed by atoms with Crippen molar-refractivity contribution in [3.05, 3.63) is 46.8 Å². The van der Waals surface area contributed by atoms with Gasteiger partial charge in [0.2, 0.25) is 11.8 Å². The topological polar surface area (TPSA) is 84.2 Å². The number of nitrogens with one attached hydrogen (secondary N) is 2. The van der Waals surface area contributed by atoms with Crippen LogP contribution in [-0.4, -0.2) is 24.0 Å². The predicted molar refractivity (Wildman–Crippen MR) is 82.5 cm³/mol. The summed E-state index contributed by atoms with van der Waals surface area (Å²) in [5.74, 6) is 0.484. The lowest BCUT2D eigenvalue weighted by Crippen LogP contribution is -2.20. The Kier molecular flexibility index (Phi) is 4.93. The molecule has 0 spiro atoms. The second kappa shape index (κ2) is 6.89. The standard InChI is InChI=1S/C16H19N3O3/c1-10-14(11(2)22-19-10)9-16(21)18-13-6-4-12(5-7-13)8-15(20)17-3/h4-7H,8-9H2,1-3H3,(H,17,20)(H,18,21). The summed E-state index contributed by atoms with van der Waals surface area (Å²) in [6.07, 6.45) is 0.547. The molecular formula is C16H19N3O3. The van der Waals surface area contributed by atoms with Crippen LogP contribution in [0.2, 0.25) is 0 Å². The first kappa shape index (κ1) is 15.8. The quantitative estimate of drug-likeness (QED) is 0.881. The van der Waals surface area contributed by atoms with Gasteiger partial charge >= 0.3 is 0 Å². The Morgan fingerprint density at radius 1 is 1.09 bits per heavy atom. The number of carbonyl (C=O) groups excluding carboxylic acids is 2. The summed E-state index contributed by atoms with van der Waals surface area (Å²) in [4.78, 5) is 23.3. The summed E-state index contributed by atoms with van der Waals surface area (Å²) >= 11 is 0. The first-order chi connectivity index (χ1) is 10.5. The van der Waals surface area contributed by atoms with Crippen LogP contribution < -0.4 is 10.6 Å². The predicted octanol–water partition coefficient (Wildman–Crippen LogP) is 1.76. The fourth-order valence-corrected chi connectivity index (χ4v) is 2.10. The van der Waals surface area contributed by atoms with Crippen molar-refractivity contribution in [1.82, 2.24) is 10.5 Å². The van der Waals surface area contributed by atoms with Crippen LogP contribution in [0.3, 0.4) is 0 Å². The molecule has 0 saturated heterocycles. The Labute approximate surface area is 128 Å². The number of aromatic nitrogens is 1. The molecule has 0 aliphatic rings. The lowest BCUT2D eigenvalue weighted by molar-refractivity contribution is -0.120. The van der Waals surface area contributed by atoms with E-state index in [1.54, 1.807) is 26.1 Å². The minimum Gasteiger partial charge on any atom is -0.361 e. The largest absolute Gasteiger partial charge is 0.361 e. The maximum atomic E-state index is 12.0. The second-order valence-electron chi connectivity index (χ2n) is 5.07. The van der Waals surface area contributed by atoms with Gasteiger partial charge in [-0.3, -0.25) is 9.59 Å². The molecule has 0 saturated carbocycles. The van der Waals surface area contributed by atoms with Crippen molar-refractivity contribution in [3.8, 4) is 0 Å². The third kappa shape index (κ3) is 3.94. The van der Waals surface area contributed by atoms with E-state index >= 15 is 0 Å². The van der Waals surface area contributed by atoms with E-state index in [1.165, 1.54) is 0 Å². The molecule has 2 rings (SSSR count). The Morgan fingerprint density at radius 3 is 2.32 bits per heavy atom. The molecule has 0 radical (unpaired) electrons. The van der Waals surface area contributed by atoms with Gasteiger partial charge in [-0.1, -0.05) is 17.3 Å². The first-order valence-corrected chi connectivity index (χ1v) is 7.00. The average molecular weight is 301 g/mol. The van der Waals surface area contributed by atoms with E-state index in [0.717, 1.165) is 16.8 Å². The van der Waals surface area contributed by atoms with Crippen molar-refractivity contribution in [1.29, 1.82) is 0 Å². The molecule has 0 aliphatic heterocycles. The number of amides is 2. The normalized spacial score (nSPS) is 10.3. The van der Waals surface area contributed by atoms with Gasteiger partial charge in [0.1, 0.15) is 5.76 Å². The van der Waals surface area contributed by atoms with E-state index < -0.39 is 0 Å². The summed E-state index contributed by atoms with van der Waals surface area (Å²) in [6.45, 7) is 3.60. The maximum Gasteiger partial charge on any atom is 0.228 e. The molecule has 1 aromatic carbocycles. The Bertz CT molecular complexity index is 655. The van der Waals surface area contributed by atoms with Gasteiger partial charge in [0.05, 0.1) is 18.5 Å². The minimum atomic E-state index is -0.131. The average Bonchev–Trinajstić information content (AvgIpc) is 2.81. The molecule has 6 nitrogen and oxygen atoms in total. The van der Waals surface area contributed by atoms with Crippen LogP contribution in [0.4, 0.5) is 5.69 Å². The zero-order valence-corrected chi connectivity index (χ0v) is 12.9. The fraction of sp³-hybridized carbons (Fsp3) is 0.312. The lowest BCUT2D eigenvalue weighted by Gasteiger charge is -2.06. The molecule has 116 valence electrons. The van der Waals surface area contributed by atoms with Gasteiger partial charge in [0.15, 0.2) is 0 Å². The second-order valence-corrected chi connectivity index (χ2v) is 5.07. The summed E-state index contributed by atoms with van der Waals surface area (Å²) in [6, 6.07) is 7.20. The molecule has 22 heavy (non-hydrogen) atoms. The van der Waals surface area contributed by atoms with Crippen molar-refractivity contribution in [2.24, 2.45) is 0 Å². The van der Waals surface area contributed by atoms with Crippen molar-refractivity contribution in [2.45, 2.75) is 26.7 Å². The Morgan fingerprint density at radius 2 is 1.77 bits per heavy atom. The number of nitrogens with zero attached hydrogens (tertiary/aromatic N) is 1. The van der Waals surface area contributed by atoms with Crippen LogP contribution >= 0.6 is 0 Å². The summed E-state index contributed by atoms with van der Waals surface area (Å²) in [7, 11) is 1.60. The first-order valence-electron chi connectivity index (χ1n) is 7.00. The van der Waals surface area contributed by atoms with E-state index in [9.17, 15) is 9.59 Å². The number of hydrogen-bond acceptors (Lipinski definition) is 4. The molecule has 1 aromatic heterocycles. The van der Waals surface area contributed by atoms with E-state index in [0.29, 0.717) is 17.9 Å². The molecule has 0 bridgehead atoms. The zero-order valence-electron chi connectivity index (χ0n) is 12.9. The van der Waals surface area contributed by atoms with Gasteiger partial charge in [-0.15, -0.1) is 0 Å². The van der Waals surface area contributed by atoms with E-state index in [2.05, 4.69) is 15.8 Å². The van der Waals surface area contributed by atoms with Crippen LogP contribution in [0.5, 0.6) is 0 Å². The zero-order chi connectivity index (χ0) is 16.1. The molecular weight excluding hydrogens is 282 g/mol. The number of aryl methyl sites for hydroxylation is 2. The summed E-state index contributed by atoms with van der Waals surface area (Å²) in [5, 5.41) is 9.22. The van der Waals surface area contributed by atoms with E-state index in [-0.39, 0.29) is 18.2 Å². The monoisotopic (exact) mass is 301 g/mol. The fourth-order valence-electron chi connectivity index (χ4n) is 2.10. The number of benzene rings is 1. The molecule has 2 aromatic rings. The molecule has 0 atom stereocenters. The molecule has 2 N–H and O–H groups in total. The number of likely N-dealkylation sites (N-methyl/N-ethyl adjacent to an activating group) is 1. The van der Waals surface area contributed by atoms with Gasteiger partial charge in [0.25, 0.3) is 0 Å². The molecule has 1 heterocycles. The highest BCUT2D eigenvalue weighted by atomic mass is 16.5. The molecule has 0 fully saturated rings. The van der Waals surface area contributed by atoms with Crippen LogP contribution in [-0.2, 0) is 22.4 Å². The van der Waals surface area contributed by atoms with Crippen molar-refractivity contribution >= 4 is 17.5 Å². The third-order valence-electron chi connectivity index (χ3n) is 3.40. The highest BCUT2D eigenvalue weighted by Gasteiger charge is 2.13. The third-order valence-corrected chi connectivity index (χ3v) is 3.40. The Balaban J connectivity index is 1.96. The van der Waals surface area contributed by atoms with Gasteiger partial charge in [-0.2, -0.15) is 0 Å². The summed E-state index contributed by atoms with van der Waals surface area (Å²) in [5.41, 5.74) is 3.13. The highest BCUT2D eigenvalue weighted by Crippen LogP contribution is 2.15. The Hall–Kier alpha value is -2.63.